The molecule has 22 heavy (non-hydrogen) atoms. The zero-order valence-corrected chi connectivity index (χ0v) is 13.3. The summed E-state index contributed by atoms with van der Waals surface area (Å²) in [6, 6.07) is 10.3. The van der Waals surface area contributed by atoms with Gasteiger partial charge in [-0.2, -0.15) is 0 Å². The van der Waals surface area contributed by atoms with Crippen molar-refractivity contribution in [1.82, 2.24) is 4.90 Å². The van der Waals surface area contributed by atoms with E-state index in [0.717, 1.165) is 0 Å². The summed E-state index contributed by atoms with van der Waals surface area (Å²) >= 11 is 1.40. The first kappa shape index (κ1) is 16.0. The number of thiophene rings is 1. The maximum Gasteiger partial charge on any atom is 0.414 e. The lowest BCUT2D eigenvalue weighted by Crippen LogP contribution is -2.31. The largest absolute Gasteiger partial charge is 0.497 e. The molecule has 2 aromatic rings. The standard InChI is InChI=1S/C16H17NO4S/c1-17(10-9-14(18)15-4-3-11-22-15)16(19)21-13-7-5-12(20-2)6-8-13/h3-8,11H,9-10H2,1-2H3. The maximum atomic E-state index is 11.9. The van der Waals surface area contributed by atoms with Gasteiger partial charge in [0.25, 0.3) is 0 Å². The van der Waals surface area contributed by atoms with Crippen LogP contribution in [0, 0.1) is 0 Å². The van der Waals surface area contributed by atoms with E-state index in [1.807, 2.05) is 11.4 Å². The summed E-state index contributed by atoms with van der Waals surface area (Å²) in [5.74, 6) is 1.15. The third-order valence-electron chi connectivity index (χ3n) is 3.05. The zero-order valence-electron chi connectivity index (χ0n) is 12.4. The number of carbonyl (C=O) groups is 2. The van der Waals surface area contributed by atoms with Crippen LogP contribution < -0.4 is 9.47 Å². The topological polar surface area (TPSA) is 55.8 Å². The van der Waals surface area contributed by atoms with Crippen molar-refractivity contribution in [3.8, 4) is 11.5 Å². The van der Waals surface area contributed by atoms with E-state index >= 15 is 0 Å². The summed E-state index contributed by atoms with van der Waals surface area (Å²) < 4.78 is 10.3. The predicted molar refractivity (Wildman–Crippen MR) is 84.9 cm³/mol. The van der Waals surface area contributed by atoms with Gasteiger partial charge in [0.15, 0.2) is 5.78 Å². The van der Waals surface area contributed by atoms with Crippen LogP contribution in [-0.4, -0.2) is 37.5 Å². The van der Waals surface area contributed by atoms with Crippen molar-refractivity contribution >= 4 is 23.2 Å². The van der Waals surface area contributed by atoms with Crippen LogP contribution in [0.5, 0.6) is 11.5 Å². The molecule has 1 amide bonds. The molecule has 0 N–H and O–H groups in total. The fourth-order valence-electron chi connectivity index (χ4n) is 1.74. The van der Waals surface area contributed by atoms with Crippen LogP contribution in [0.25, 0.3) is 0 Å². The third kappa shape index (κ3) is 4.33. The van der Waals surface area contributed by atoms with Crippen LogP contribution in [0.2, 0.25) is 0 Å². The average Bonchev–Trinajstić information content (AvgIpc) is 3.07. The Bertz CT molecular complexity index is 622. The van der Waals surface area contributed by atoms with Crippen molar-refractivity contribution in [2.24, 2.45) is 0 Å². The number of amides is 1. The molecule has 0 spiro atoms. The number of rotatable bonds is 6. The zero-order chi connectivity index (χ0) is 15.9. The van der Waals surface area contributed by atoms with E-state index in [0.29, 0.717) is 22.9 Å². The molecular formula is C16H17NO4S. The van der Waals surface area contributed by atoms with Gasteiger partial charge in [-0.3, -0.25) is 4.79 Å². The van der Waals surface area contributed by atoms with Gasteiger partial charge in [0, 0.05) is 20.0 Å². The van der Waals surface area contributed by atoms with Gasteiger partial charge in [-0.05, 0) is 35.7 Å². The van der Waals surface area contributed by atoms with Gasteiger partial charge >= 0.3 is 6.09 Å². The average molecular weight is 319 g/mol. The Morgan fingerprint density at radius 2 is 1.82 bits per heavy atom. The fraction of sp³-hybridized carbons (Fsp3) is 0.250. The maximum absolute atomic E-state index is 11.9. The van der Waals surface area contributed by atoms with Gasteiger partial charge in [-0.15, -0.1) is 11.3 Å². The Hall–Kier alpha value is -2.34. The second-order valence-electron chi connectivity index (χ2n) is 4.62. The molecule has 1 heterocycles. The summed E-state index contributed by atoms with van der Waals surface area (Å²) in [5, 5.41) is 1.86. The molecule has 5 nitrogen and oxygen atoms in total. The van der Waals surface area contributed by atoms with E-state index in [1.54, 1.807) is 44.5 Å². The highest BCUT2D eigenvalue weighted by molar-refractivity contribution is 7.12. The Morgan fingerprint density at radius 1 is 1.14 bits per heavy atom. The van der Waals surface area contributed by atoms with Crippen molar-refractivity contribution in [3.05, 3.63) is 46.7 Å². The Kier molecular flexibility index (Phi) is 5.55. The van der Waals surface area contributed by atoms with Crippen LogP contribution in [0.4, 0.5) is 4.79 Å². The Morgan fingerprint density at radius 3 is 2.41 bits per heavy atom. The van der Waals surface area contributed by atoms with Crippen molar-refractivity contribution in [3.63, 3.8) is 0 Å². The van der Waals surface area contributed by atoms with Crippen LogP contribution in [0.1, 0.15) is 16.1 Å². The SMILES string of the molecule is COc1ccc(OC(=O)N(C)CCC(=O)c2cccs2)cc1. The van der Waals surface area contributed by atoms with Gasteiger partial charge in [0.2, 0.25) is 0 Å². The minimum Gasteiger partial charge on any atom is -0.497 e. The number of carbonyl (C=O) groups excluding carboxylic acids is 2. The number of Topliss-reactive ketones (excluding diaryl/α,β-unsaturated/α-hetero) is 1. The molecule has 0 fully saturated rings. The Balaban J connectivity index is 1.82. The number of ketones is 1. The highest BCUT2D eigenvalue weighted by atomic mass is 32.1. The van der Waals surface area contributed by atoms with Crippen molar-refractivity contribution in [2.45, 2.75) is 6.42 Å². The van der Waals surface area contributed by atoms with Crippen LogP contribution in [-0.2, 0) is 0 Å². The van der Waals surface area contributed by atoms with E-state index < -0.39 is 6.09 Å². The molecule has 6 heteroatoms. The van der Waals surface area contributed by atoms with Crippen molar-refractivity contribution in [1.29, 1.82) is 0 Å². The molecule has 2 rings (SSSR count). The lowest BCUT2D eigenvalue weighted by atomic mass is 10.2. The molecule has 0 bridgehead atoms. The first-order valence-corrected chi connectivity index (χ1v) is 7.62. The summed E-state index contributed by atoms with van der Waals surface area (Å²) in [5.41, 5.74) is 0. The summed E-state index contributed by atoms with van der Waals surface area (Å²) in [4.78, 5) is 25.9. The molecule has 0 unspecified atom stereocenters. The molecule has 0 saturated carbocycles. The van der Waals surface area contributed by atoms with E-state index in [4.69, 9.17) is 9.47 Å². The van der Waals surface area contributed by atoms with Crippen LogP contribution >= 0.6 is 11.3 Å². The van der Waals surface area contributed by atoms with Gasteiger partial charge in [-0.25, -0.2) is 4.79 Å². The molecule has 0 radical (unpaired) electrons. The van der Waals surface area contributed by atoms with E-state index in [2.05, 4.69) is 0 Å². The molecule has 0 aliphatic rings. The lowest BCUT2D eigenvalue weighted by Gasteiger charge is -2.16. The van der Waals surface area contributed by atoms with Crippen LogP contribution in [0.3, 0.4) is 0 Å². The molecule has 1 aromatic heterocycles. The number of ether oxygens (including phenoxy) is 2. The van der Waals surface area contributed by atoms with Gasteiger partial charge < -0.3 is 14.4 Å². The van der Waals surface area contributed by atoms with Gasteiger partial charge in [0.1, 0.15) is 11.5 Å². The molecule has 0 saturated heterocycles. The van der Waals surface area contributed by atoms with Crippen molar-refractivity contribution < 1.29 is 19.1 Å². The predicted octanol–water partition coefficient (Wildman–Crippen LogP) is 3.46. The minimum absolute atomic E-state index is 0.0269. The van der Waals surface area contributed by atoms with Gasteiger partial charge in [-0.1, -0.05) is 6.07 Å². The summed E-state index contributed by atoms with van der Waals surface area (Å²) in [7, 11) is 3.17. The van der Waals surface area contributed by atoms with E-state index in [-0.39, 0.29) is 12.2 Å². The Labute approximate surface area is 133 Å². The van der Waals surface area contributed by atoms with Crippen LogP contribution in [0.15, 0.2) is 41.8 Å². The number of methoxy groups -OCH3 is 1. The fourth-order valence-corrected chi connectivity index (χ4v) is 2.44. The number of hydrogen-bond donors (Lipinski definition) is 0. The smallest absolute Gasteiger partial charge is 0.414 e. The van der Waals surface area contributed by atoms with E-state index in [1.165, 1.54) is 16.2 Å². The molecular weight excluding hydrogens is 302 g/mol. The lowest BCUT2D eigenvalue weighted by molar-refractivity contribution is 0.0972. The monoisotopic (exact) mass is 319 g/mol. The normalized spacial score (nSPS) is 10.1. The quantitative estimate of drug-likeness (QED) is 0.765. The third-order valence-corrected chi connectivity index (χ3v) is 3.96. The number of benzene rings is 1. The minimum atomic E-state index is -0.496. The molecule has 1 aromatic carbocycles. The molecule has 0 aliphatic carbocycles. The second-order valence-corrected chi connectivity index (χ2v) is 5.56. The second kappa shape index (κ2) is 7.61. The molecule has 0 aliphatic heterocycles. The molecule has 116 valence electrons. The van der Waals surface area contributed by atoms with Gasteiger partial charge in [0.05, 0.1) is 12.0 Å². The van der Waals surface area contributed by atoms with E-state index in [9.17, 15) is 9.59 Å². The summed E-state index contributed by atoms with van der Waals surface area (Å²) in [6.07, 6.45) is -0.224. The van der Waals surface area contributed by atoms with Crippen molar-refractivity contribution in [2.75, 3.05) is 20.7 Å². The first-order valence-electron chi connectivity index (χ1n) is 6.74. The number of nitrogens with zero attached hydrogens (tertiary/aromatic N) is 1. The first-order chi connectivity index (χ1) is 10.6. The number of hydrogen-bond acceptors (Lipinski definition) is 5. The summed E-state index contributed by atoms with van der Waals surface area (Å²) in [6.45, 7) is 0.311. The highest BCUT2D eigenvalue weighted by Crippen LogP contribution is 2.18. The molecule has 0 atom stereocenters. The highest BCUT2D eigenvalue weighted by Gasteiger charge is 2.14.